The molecule has 1 aromatic rings. The van der Waals surface area contributed by atoms with Crippen LogP contribution in [0.25, 0.3) is 0 Å². The molecule has 4 heteroatoms. The average molecular weight is 277 g/mol. The Morgan fingerprint density at radius 2 is 2.10 bits per heavy atom. The topological polar surface area (TPSA) is 47.6 Å². The Balaban J connectivity index is 3.04. The van der Waals surface area contributed by atoms with Crippen molar-refractivity contribution in [2.24, 2.45) is 0 Å². The lowest BCUT2D eigenvalue weighted by Crippen LogP contribution is -2.24. The van der Waals surface area contributed by atoms with E-state index in [0.717, 1.165) is 18.4 Å². The second-order valence-corrected chi connectivity index (χ2v) is 4.47. The average Bonchev–Trinajstić information content (AvgIpc) is 2.46. The molecule has 0 radical (unpaired) electrons. The smallest absolute Gasteiger partial charge is 0.251 e. The lowest BCUT2D eigenvalue weighted by atomic mass is 10.0. The quantitative estimate of drug-likeness (QED) is 0.587. The van der Waals surface area contributed by atoms with Crippen LogP contribution in [0.5, 0.6) is 11.5 Å². The van der Waals surface area contributed by atoms with Crippen LogP contribution in [0.1, 0.15) is 35.7 Å². The van der Waals surface area contributed by atoms with E-state index in [-0.39, 0.29) is 5.91 Å². The monoisotopic (exact) mass is 277 g/mol. The zero-order chi connectivity index (χ0) is 15.0. The predicted octanol–water partition coefficient (Wildman–Crippen LogP) is 2.96. The fourth-order valence-corrected chi connectivity index (χ4v) is 1.96. The van der Waals surface area contributed by atoms with E-state index in [1.54, 1.807) is 26.4 Å². The van der Waals surface area contributed by atoms with Crippen molar-refractivity contribution in [3.05, 3.63) is 35.9 Å². The van der Waals surface area contributed by atoms with Gasteiger partial charge in [0.25, 0.3) is 5.91 Å². The van der Waals surface area contributed by atoms with Crippen LogP contribution in [0.4, 0.5) is 0 Å². The Bertz CT molecular complexity index is 469. The number of hydrogen-bond acceptors (Lipinski definition) is 3. The van der Waals surface area contributed by atoms with Gasteiger partial charge in [0, 0.05) is 17.7 Å². The van der Waals surface area contributed by atoms with E-state index in [9.17, 15) is 4.79 Å². The molecule has 0 aromatic heterocycles. The van der Waals surface area contributed by atoms with Gasteiger partial charge in [-0.25, -0.2) is 0 Å². The number of benzene rings is 1. The third kappa shape index (κ3) is 4.02. The van der Waals surface area contributed by atoms with Gasteiger partial charge in [0.1, 0.15) is 0 Å². The van der Waals surface area contributed by atoms with Crippen molar-refractivity contribution >= 4 is 5.91 Å². The van der Waals surface area contributed by atoms with Crippen LogP contribution < -0.4 is 14.8 Å². The van der Waals surface area contributed by atoms with E-state index in [1.165, 1.54) is 0 Å². The first-order valence-corrected chi connectivity index (χ1v) is 6.81. The van der Waals surface area contributed by atoms with Gasteiger partial charge in [0.2, 0.25) is 0 Å². The number of allylic oxidation sites excluding steroid dienone is 1. The fraction of sp³-hybridized carbons (Fsp3) is 0.438. The fourth-order valence-electron chi connectivity index (χ4n) is 1.96. The van der Waals surface area contributed by atoms with Gasteiger partial charge in [-0.15, -0.1) is 6.58 Å². The molecule has 1 aromatic carbocycles. The van der Waals surface area contributed by atoms with Gasteiger partial charge >= 0.3 is 0 Å². The Morgan fingerprint density at radius 1 is 1.35 bits per heavy atom. The van der Waals surface area contributed by atoms with Gasteiger partial charge in [-0.2, -0.15) is 0 Å². The van der Waals surface area contributed by atoms with Crippen molar-refractivity contribution in [2.45, 2.75) is 26.2 Å². The van der Waals surface area contributed by atoms with Gasteiger partial charge in [0.05, 0.1) is 14.2 Å². The van der Waals surface area contributed by atoms with E-state index in [2.05, 4.69) is 18.8 Å². The molecule has 110 valence electrons. The van der Waals surface area contributed by atoms with Crippen molar-refractivity contribution < 1.29 is 14.3 Å². The number of methoxy groups -OCH3 is 2. The van der Waals surface area contributed by atoms with Crippen LogP contribution in [-0.4, -0.2) is 26.7 Å². The van der Waals surface area contributed by atoms with Crippen LogP contribution in [0.15, 0.2) is 24.8 Å². The lowest BCUT2D eigenvalue weighted by Gasteiger charge is -2.14. The Labute approximate surface area is 120 Å². The van der Waals surface area contributed by atoms with Crippen LogP contribution in [0.3, 0.4) is 0 Å². The number of rotatable bonds is 8. The zero-order valence-corrected chi connectivity index (χ0v) is 12.5. The molecule has 0 heterocycles. The summed E-state index contributed by atoms with van der Waals surface area (Å²) in [5.41, 5.74) is 1.47. The zero-order valence-electron chi connectivity index (χ0n) is 12.5. The van der Waals surface area contributed by atoms with Gasteiger partial charge in [-0.3, -0.25) is 4.79 Å². The highest BCUT2D eigenvalue weighted by Crippen LogP contribution is 2.33. The first-order valence-electron chi connectivity index (χ1n) is 6.81. The summed E-state index contributed by atoms with van der Waals surface area (Å²) in [5.74, 6) is 1.12. The maximum Gasteiger partial charge on any atom is 0.251 e. The molecule has 0 aliphatic carbocycles. The summed E-state index contributed by atoms with van der Waals surface area (Å²) < 4.78 is 10.6. The number of ether oxygens (including phenoxy) is 2. The molecule has 0 atom stereocenters. The predicted molar refractivity (Wildman–Crippen MR) is 80.7 cm³/mol. The molecule has 4 nitrogen and oxygen atoms in total. The summed E-state index contributed by atoms with van der Waals surface area (Å²) in [5, 5.41) is 2.90. The Morgan fingerprint density at radius 3 is 2.65 bits per heavy atom. The molecule has 0 fully saturated rings. The van der Waals surface area contributed by atoms with Gasteiger partial charge in [-0.1, -0.05) is 19.4 Å². The highest BCUT2D eigenvalue weighted by atomic mass is 16.5. The number of amides is 1. The number of carbonyl (C=O) groups is 1. The lowest BCUT2D eigenvalue weighted by molar-refractivity contribution is 0.0952. The van der Waals surface area contributed by atoms with Crippen LogP contribution in [0, 0.1) is 0 Å². The molecule has 0 saturated carbocycles. The molecule has 20 heavy (non-hydrogen) atoms. The van der Waals surface area contributed by atoms with Crippen molar-refractivity contribution in [2.75, 3.05) is 20.8 Å². The van der Waals surface area contributed by atoms with E-state index in [1.807, 2.05) is 6.07 Å². The van der Waals surface area contributed by atoms with Crippen molar-refractivity contribution in [3.8, 4) is 11.5 Å². The SMILES string of the molecule is C=CCc1cc(C(=O)NCCCC)cc(OC)c1OC. The van der Waals surface area contributed by atoms with E-state index in [4.69, 9.17) is 9.47 Å². The maximum atomic E-state index is 12.1. The molecule has 0 unspecified atom stereocenters. The van der Waals surface area contributed by atoms with Gasteiger partial charge in [0.15, 0.2) is 11.5 Å². The summed E-state index contributed by atoms with van der Waals surface area (Å²) >= 11 is 0. The van der Waals surface area contributed by atoms with Crippen molar-refractivity contribution in [1.82, 2.24) is 5.32 Å². The number of nitrogens with one attached hydrogen (secondary N) is 1. The first-order chi connectivity index (χ1) is 9.67. The Kier molecular flexibility index (Phi) is 6.64. The van der Waals surface area contributed by atoms with Gasteiger partial charge in [-0.05, 0) is 25.0 Å². The molecule has 0 bridgehead atoms. The molecule has 0 saturated heterocycles. The van der Waals surface area contributed by atoms with Gasteiger partial charge < -0.3 is 14.8 Å². The first kappa shape index (κ1) is 16.1. The van der Waals surface area contributed by atoms with Crippen LogP contribution >= 0.6 is 0 Å². The molecule has 0 spiro atoms. The maximum absolute atomic E-state index is 12.1. The minimum atomic E-state index is -0.0929. The molecular formula is C16H23NO3. The second-order valence-electron chi connectivity index (χ2n) is 4.47. The number of unbranched alkanes of at least 4 members (excludes halogenated alkanes) is 1. The molecule has 0 aliphatic rings. The normalized spacial score (nSPS) is 9.95. The van der Waals surface area contributed by atoms with Crippen molar-refractivity contribution in [1.29, 1.82) is 0 Å². The molecular weight excluding hydrogens is 254 g/mol. The standard InChI is InChI=1S/C16H23NO3/c1-5-7-9-17-16(18)13-10-12(8-6-2)15(20-4)14(11-13)19-3/h6,10-11H,2,5,7-9H2,1,3-4H3,(H,17,18). The largest absolute Gasteiger partial charge is 0.493 e. The second kappa shape index (κ2) is 8.25. The molecule has 1 N–H and O–H groups in total. The Hall–Kier alpha value is -1.97. The molecule has 1 amide bonds. The summed E-state index contributed by atoms with van der Waals surface area (Å²) in [7, 11) is 3.15. The van der Waals surface area contributed by atoms with E-state index >= 15 is 0 Å². The minimum Gasteiger partial charge on any atom is -0.493 e. The van der Waals surface area contributed by atoms with Crippen LogP contribution in [-0.2, 0) is 6.42 Å². The summed E-state index contributed by atoms with van der Waals surface area (Å²) in [6, 6.07) is 3.52. The molecule has 1 rings (SSSR count). The highest BCUT2D eigenvalue weighted by Gasteiger charge is 2.15. The summed E-state index contributed by atoms with van der Waals surface area (Å²) in [4.78, 5) is 12.1. The van der Waals surface area contributed by atoms with E-state index in [0.29, 0.717) is 30.0 Å². The number of carbonyl (C=O) groups excluding carboxylic acids is 1. The van der Waals surface area contributed by atoms with E-state index < -0.39 is 0 Å². The van der Waals surface area contributed by atoms with Crippen LogP contribution in [0.2, 0.25) is 0 Å². The third-order valence-electron chi connectivity index (χ3n) is 3.00. The minimum absolute atomic E-state index is 0.0929. The summed E-state index contributed by atoms with van der Waals surface area (Å²) in [6.07, 6.45) is 4.41. The third-order valence-corrected chi connectivity index (χ3v) is 3.00. The highest BCUT2D eigenvalue weighted by molar-refractivity contribution is 5.95. The summed E-state index contributed by atoms with van der Waals surface area (Å²) in [6.45, 7) is 6.49. The van der Waals surface area contributed by atoms with Crippen molar-refractivity contribution in [3.63, 3.8) is 0 Å². The number of hydrogen-bond donors (Lipinski definition) is 1. The molecule has 0 aliphatic heterocycles.